The number of phenols is 1. The Morgan fingerprint density at radius 2 is 1.81 bits per heavy atom. The van der Waals surface area contributed by atoms with Gasteiger partial charge in [0.15, 0.2) is 0 Å². The van der Waals surface area contributed by atoms with E-state index in [1.165, 1.54) is 0 Å². The van der Waals surface area contributed by atoms with Crippen molar-refractivity contribution in [2.75, 3.05) is 6.54 Å². The largest absolute Gasteiger partial charge is 0.508 e. The number of benzene rings is 1. The van der Waals surface area contributed by atoms with Crippen molar-refractivity contribution in [3.05, 3.63) is 29.8 Å². The molecule has 1 aromatic rings. The summed E-state index contributed by atoms with van der Waals surface area (Å²) in [5.74, 6) is -1.53. The van der Waals surface area contributed by atoms with Crippen LogP contribution in [0, 0.1) is 11.8 Å². The Kier molecular flexibility index (Phi) is 3.57. The summed E-state index contributed by atoms with van der Waals surface area (Å²) in [5, 5.41) is 18.4. The minimum Gasteiger partial charge on any atom is -0.508 e. The maximum absolute atomic E-state index is 12.5. The Hall–Kier alpha value is -2.04. The fourth-order valence-electron chi connectivity index (χ4n) is 3.19. The monoisotopic (exact) mass is 289 g/mol. The number of rotatable bonds is 3. The van der Waals surface area contributed by atoms with Crippen molar-refractivity contribution in [1.29, 1.82) is 0 Å². The zero-order chi connectivity index (χ0) is 15.0. The van der Waals surface area contributed by atoms with E-state index in [9.17, 15) is 14.7 Å². The van der Waals surface area contributed by atoms with Crippen LogP contribution in [0.25, 0.3) is 0 Å². The van der Waals surface area contributed by atoms with Crippen molar-refractivity contribution < 1.29 is 19.8 Å². The minimum atomic E-state index is -0.869. The lowest BCUT2D eigenvalue weighted by atomic mass is 9.94. The van der Waals surface area contributed by atoms with Crippen molar-refractivity contribution in [1.82, 2.24) is 4.90 Å². The average Bonchev–Trinajstić information content (AvgIpc) is 3.28. The van der Waals surface area contributed by atoms with E-state index in [2.05, 4.69) is 0 Å². The molecule has 1 aliphatic heterocycles. The number of carbonyl (C=O) groups is 2. The third-order valence-electron chi connectivity index (χ3n) is 4.49. The summed E-state index contributed by atoms with van der Waals surface area (Å²) in [5.41, 5.74) is 1.01. The van der Waals surface area contributed by atoms with E-state index >= 15 is 0 Å². The van der Waals surface area contributed by atoms with E-state index in [0.29, 0.717) is 13.0 Å². The fraction of sp³-hybridized carbons (Fsp3) is 0.500. The van der Waals surface area contributed by atoms with Crippen LogP contribution in [0.2, 0.25) is 0 Å². The molecule has 5 heteroatoms. The highest BCUT2D eigenvalue weighted by Crippen LogP contribution is 2.43. The number of likely N-dealkylation sites (tertiary alicyclic amines) is 1. The first kappa shape index (κ1) is 13.9. The highest BCUT2D eigenvalue weighted by Gasteiger charge is 2.50. The van der Waals surface area contributed by atoms with Gasteiger partial charge in [-0.15, -0.1) is 0 Å². The third kappa shape index (κ3) is 2.73. The number of aromatic hydroxyl groups is 1. The average molecular weight is 289 g/mol. The summed E-state index contributed by atoms with van der Waals surface area (Å²) in [4.78, 5) is 25.3. The van der Waals surface area contributed by atoms with Gasteiger partial charge in [-0.1, -0.05) is 12.1 Å². The molecule has 3 rings (SSSR count). The third-order valence-corrected chi connectivity index (χ3v) is 4.49. The number of piperidine rings is 1. The number of nitrogens with zero attached hydrogens (tertiary/aromatic N) is 1. The molecule has 1 aliphatic carbocycles. The Balaban J connectivity index is 1.77. The first-order valence-corrected chi connectivity index (χ1v) is 7.40. The molecule has 0 spiro atoms. The number of carboxylic acids is 1. The number of aliphatic carboxylic acids is 1. The minimum absolute atomic E-state index is 0.00175. The van der Waals surface area contributed by atoms with Crippen molar-refractivity contribution in [3.8, 4) is 5.75 Å². The number of hydrogen-bond donors (Lipinski definition) is 2. The normalized spacial score (nSPS) is 28.2. The summed E-state index contributed by atoms with van der Waals surface area (Å²) < 4.78 is 0. The van der Waals surface area contributed by atoms with Gasteiger partial charge in [0.2, 0.25) is 5.91 Å². The predicted molar refractivity (Wildman–Crippen MR) is 75.6 cm³/mol. The molecule has 5 nitrogen and oxygen atoms in total. The van der Waals surface area contributed by atoms with Crippen LogP contribution in [0.5, 0.6) is 5.75 Å². The van der Waals surface area contributed by atoms with E-state index in [-0.39, 0.29) is 23.6 Å². The second-order valence-electron chi connectivity index (χ2n) is 5.92. The number of amides is 1. The predicted octanol–water partition coefficient (Wildman–Crippen LogP) is 2.17. The molecule has 0 aromatic heterocycles. The molecule has 1 saturated heterocycles. The van der Waals surface area contributed by atoms with Crippen LogP contribution >= 0.6 is 0 Å². The van der Waals surface area contributed by atoms with Crippen LogP contribution < -0.4 is 0 Å². The molecule has 1 saturated carbocycles. The summed E-state index contributed by atoms with van der Waals surface area (Å²) in [6.45, 7) is 0.688. The van der Waals surface area contributed by atoms with E-state index in [4.69, 9.17) is 5.11 Å². The molecule has 3 atom stereocenters. The second-order valence-corrected chi connectivity index (χ2v) is 5.92. The molecule has 2 fully saturated rings. The zero-order valence-electron chi connectivity index (χ0n) is 11.7. The van der Waals surface area contributed by atoms with Crippen molar-refractivity contribution in [2.24, 2.45) is 11.8 Å². The number of phenolic OH excluding ortho intramolecular Hbond substituents is 1. The first-order chi connectivity index (χ1) is 10.1. The Morgan fingerprint density at radius 3 is 2.43 bits per heavy atom. The highest BCUT2D eigenvalue weighted by atomic mass is 16.4. The fourth-order valence-corrected chi connectivity index (χ4v) is 3.19. The zero-order valence-corrected chi connectivity index (χ0v) is 11.7. The molecule has 112 valence electrons. The molecular weight excluding hydrogens is 270 g/mol. The molecule has 2 N–H and O–H groups in total. The maximum atomic E-state index is 12.5. The van der Waals surface area contributed by atoms with Gasteiger partial charge in [0.05, 0.1) is 17.9 Å². The molecule has 0 radical (unpaired) electrons. The molecule has 1 unspecified atom stereocenters. The summed E-state index contributed by atoms with van der Waals surface area (Å²) >= 11 is 0. The number of carbonyl (C=O) groups excluding carboxylic acids is 1. The lowest BCUT2D eigenvalue weighted by Crippen LogP contribution is -2.39. The van der Waals surface area contributed by atoms with Gasteiger partial charge in [-0.05, 0) is 43.4 Å². The Labute approximate surface area is 123 Å². The number of hydrogen-bond acceptors (Lipinski definition) is 3. The van der Waals surface area contributed by atoms with Crippen molar-refractivity contribution in [3.63, 3.8) is 0 Å². The highest BCUT2D eigenvalue weighted by molar-refractivity contribution is 5.89. The van der Waals surface area contributed by atoms with Gasteiger partial charge in [0.25, 0.3) is 0 Å². The van der Waals surface area contributed by atoms with Gasteiger partial charge in [-0.3, -0.25) is 9.59 Å². The van der Waals surface area contributed by atoms with Gasteiger partial charge in [-0.2, -0.15) is 0 Å². The van der Waals surface area contributed by atoms with Crippen molar-refractivity contribution >= 4 is 11.9 Å². The lowest BCUT2D eigenvalue weighted by molar-refractivity contribution is -0.143. The number of carboxylic acid groups (broad SMARTS) is 1. The van der Waals surface area contributed by atoms with E-state index in [1.807, 2.05) is 17.0 Å². The summed E-state index contributed by atoms with van der Waals surface area (Å²) in [6.07, 6.45) is 3.38. The van der Waals surface area contributed by atoms with Gasteiger partial charge in [-0.25, -0.2) is 0 Å². The summed E-state index contributed by atoms with van der Waals surface area (Å²) in [6, 6.07) is 6.94. The molecule has 1 aromatic carbocycles. The Morgan fingerprint density at radius 1 is 1.10 bits per heavy atom. The lowest BCUT2D eigenvalue weighted by Gasteiger charge is -2.36. The maximum Gasteiger partial charge on any atom is 0.307 e. The van der Waals surface area contributed by atoms with Gasteiger partial charge >= 0.3 is 5.97 Å². The van der Waals surface area contributed by atoms with Gasteiger partial charge in [0, 0.05) is 6.54 Å². The first-order valence-electron chi connectivity index (χ1n) is 7.40. The molecule has 21 heavy (non-hydrogen) atoms. The molecule has 0 bridgehead atoms. The standard InChI is InChI=1S/C16H19NO4/c18-11-6-4-10(5-7-11)14-3-1-2-8-17(14)15(19)12-9-13(12)16(20)21/h4-7,12-14,18H,1-3,8-9H2,(H,20,21)/t12-,13-,14?/m1/s1. The van der Waals surface area contributed by atoms with Crippen LogP contribution in [-0.2, 0) is 9.59 Å². The topological polar surface area (TPSA) is 77.8 Å². The van der Waals surface area contributed by atoms with Gasteiger partial charge in [0.1, 0.15) is 5.75 Å². The molecule has 1 heterocycles. The van der Waals surface area contributed by atoms with Crippen LogP contribution in [0.3, 0.4) is 0 Å². The molecular formula is C16H19NO4. The molecule has 1 amide bonds. The molecule has 2 aliphatic rings. The Bertz CT molecular complexity index is 554. The van der Waals surface area contributed by atoms with Crippen LogP contribution in [0.15, 0.2) is 24.3 Å². The van der Waals surface area contributed by atoms with E-state index < -0.39 is 11.9 Å². The van der Waals surface area contributed by atoms with Gasteiger partial charge < -0.3 is 15.1 Å². The quantitative estimate of drug-likeness (QED) is 0.894. The van der Waals surface area contributed by atoms with E-state index in [0.717, 1.165) is 24.8 Å². The van der Waals surface area contributed by atoms with Crippen LogP contribution in [0.4, 0.5) is 0 Å². The SMILES string of the molecule is O=C(O)[C@@H]1C[C@H]1C(=O)N1CCCCC1c1ccc(O)cc1. The smallest absolute Gasteiger partial charge is 0.307 e. The van der Waals surface area contributed by atoms with Crippen molar-refractivity contribution in [2.45, 2.75) is 31.7 Å². The second kappa shape index (κ2) is 5.39. The summed E-state index contributed by atoms with van der Waals surface area (Å²) in [7, 11) is 0. The van der Waals surface area contributed by atoms with Crippen LogP contribution in [-0.4, -0.2) is 33.5 Å². The van der Waals surface area contributed by atoms with Crippen LogP contribution in [0.1, 0.15) is 37.3 Å². The van der Waals surface area contributed by atoms with E-state index in [1.54, 1.807) is 12.1 Å².